The first kappa shape index (κ1) is 20.2. The van der Waals surface area contributed by atoms with E-state index < -0.39 is 12.1 Å². The molecule has 28 heavy (non-hydrogen) atoms. The maximum atomic E-state index is 12.2. The van der Waals surface area contributed by atoms with Gasteiger partial charge in [0.25, 0.3) is 0 Å². The lowest BCUT2D eigenvalue weighted by Gasteiger charge is -2.16. The predicted octanol–water partition coefficient (Wildman–Crippen LogP) is 1.82. The summed E-state index contributed by atoms with van der Waals surface area (Å²) in [6.45, 7) is 0.796. The zero-order chi connectivity index (χ0) is 18.8. The van der Waals surface area contributed by atoms with Gasteiger partial charge in [0.2, 0.25) is 0 Å². The van der Waals surface area contributed by atoms with Crippen LogP contribution in [0.25, 0.3) is 11.1 Å². The minimum absolute atomic E-state index is 0. The fourth-order valence-corrected chi connectivity index (χ4v) is 4.09. The molecule has 2 unspecified atom stereocenters. The van der Waals surface area contributed by atoms with E-state index in [1.165, 1.54) is 22.3 Å². The van der Waals surface area contributed by atoms with Crippen molar-refractivity contribution in [3.05, 3.63) is 59.7 Å². The van der Waals surface area contributed by atoms with Crippen molar-refractivity contribution in [3.8, 4) is 11.1 Å². The summed E-state index contributed by atoms with van der Waals surface area (Å²) in [5.74, 6) is -1.06. The van der Waals surface area contributed by atoms with Gasteiger partial charge < -0.3 is 25.3 Å². The van der Waals surface area contributed by atoms with Gasteiger partial charge in [0.15, 0.2) is 0 Å². The van der Waals surface area contributed by atoms with Crippen LogP contribution >= 0.6 is 12.4 Å². The topological polar surface area (TPSA) is 90.5 Å². The smallest absolute Gasteiger partial charge is 0.407 e. The van der Waals surface area contributed by atoms with Crippen LogP contribution in [0.1, 0.15) is 29.9 Å². The maximum absolute atomic E-state index is 12.2. The van der Waals surface area contributed by atoms with Gasteiger partial charge in [0.1, 0.15) is 6.61 Å². The Balaban J connectivity index is 0.00000225. The predicted molar refractivity (Wildman–Crippen MR) is 105 cm³/mol. The summed E-state index contributed by atoms with van der Waals surface area (Å²) < 4.78 is 5.51. The zero-order valence-electron chi connectivity index (χ0n) is 15.2. The Kier molecular flexibility index (Phi) is 6.21. The molecule has 2 aromatic carbocycles. The van der Waals surface area contributed by atoms with Gasteiger partial charge in [-0.25, -0.2) is 4.79 Å². The largest absolute Gasteiger partial charge is 0.550 e. The van der Waals surface area contributed by atoms with Crippen LogP contribution < -0.4 is 15.7 Å². The fourth-order valence-electron chi connectivity index (χ4n) is 4.09. The second kappa shape index (κ2) is 8.63. The molecule has 148 valence electrons. The number of rotatable bonds is 5. The molecule has 0 radical (unpaired) electrons. The highest BCUT2D eigenvalue weighted by Gasteiger charge is 2.30. The minimum Gasteiger partial charge on any atom is -0.550 e. The molecule has 1 aliphatic carbocycles. The first-order valence-electron chi connectivity index (χ1n) is 9.16. The third-order valence-electron chi connectivity index (χ3n) is 5.30. The number of hydrogen-bond acceptors (Lipinski definition) is 5. The summed E-state index contributed by atoms with van der Waals surface area (Å²) in [4.78, 5) is 22.9. The molecule has 1 fully saturated rings. The van der Waals surface area contributed by atoms with Crippen LogP contribution in [0, 0.1) is 0 Å². The van der Waals surface area contributed by atoms with E-state index in [0.717, 1.165) is 0 Å². The van der Waals surface area contributed by atoms with Crippen molar-refractivity contribution in [2.45, 2.75) is 30.8 Å². The van der Waals surface area contributed by atoms with E-state index in [4.69, 9.17) is 4.74 Å². The molecule has 2 N–H and O–H groups in total. The number of carbonyl (C=O) groups excluding carboxylic acids is 2. The van der Waals surface area contributed by atoms with Crippen LogP contribution in [0.5, 0.6) is 0 Å². The Morgan fingerprint density at radius 1 is 1.07 bits per heavy atom. The number of carbonyl (C=O) groups is 2. The van der Waals surface area contributed by atoms with E-state index in [0.29, 0.717) is 13.0 Å². The van der Waals surface area contributed by atoms with Gasteiger partial charge in [0, 0.05) is 36.9 Å². The summed E-state index contributed by atoms with van der Waals surface area (Å²) in [5, 5.41) is 16.6. The normalized spacial score (nSPS) is 20.0. The van der Waals surface area contributed by atoms with E-state index in [1.54, 1.807) is 0 Å². The average Bonchev–Trinajstić information content (AvgIpc) is 3.21. The van der Waals surface area contributed by atoms with Crippen molar-refractivity contribution in [1.82, 2.24) is 10.6 Å². The number of benzene rings is 2. The summed E-state index contributed by atoms with van der Waals surface area (Å²) >= 11 is 0. The van der Waals surface area contributed by atoms with Crippen molar-refractivity contribution in [1.29, 1.82) is 0 Å². The van der Waals surface area contributed by atoms with Crippen LogP contribution in [-0.2, 0) is 9.53 Å². The molecule has 6 nitrogen and oxygen atoms in total. The SMILES string of the molecule is Cl.O=C([O-])CC1CC(NC(=O)OCC2c3ccccc3-c3ccccc32)CN1. The monoisotopic (exact) mass is 401 g/mol. The second-order valence-corrected chi connectivity index (χ2v) is 7.08. The highest BCUT2D eigenvalue weighted by atomic mass is 35.5. The molecule has 0 bridgehead atoms. The van der Waals surface area contributed by atoms with Crippen molar-refractivity contribution in [2.24, 2.45) is 0 Å². The summed E-state index contributed by atoms with van der Waals surface area (Å²) in [6, 6.07) is 16.1. The molecular formula is C21H22ClN2O4-. The molecule has 2 aromatic rings. The number of aliphatic carboxylic acids is 1. The fraction of sp³-hybridized carbons (Fsp3) is 0.333. The van der Waals surface area contributed by atoms with Crippen molar-refractivity contribution >= 4 is 24.5 Å². The van der Waals surface area contributed by atoms with Crippen molar-refractivity contribution in [3.63, 3.8) is 0 Å². The van der Waals surface area contributed by atoms with E-state index >= 15 is 0 Å². The summed E-state index contributed by atoms with van der Waals surface area (Å²) in [5.41, 5.74) is 4.71. The Morgan fingerprint density at radius 3 is 2.29 bits per heavy atom. The number of fused-ring (bicyclic) bond motifs is 3. The number of amides is 1. The van der Waals surface area contributed by atoms with Gasteiger partial charge in [-0.2, -0.15) is 0 Å². The van der Waals surface area contributed by atoms with Crippen LogP contribution in [-0.4, -0.2) is 37.3 Å². The van der Waals surface area contributed by atoms with Gasteiger partial charge in [-0.1, -0.05) is 48.5 Å². The van der Waals surface area contributed by atoms with Gasteiger partial charge in [-0.15, -0.1) is 12.4 Å². The molecular weight excluding hydrogens is 380 g/mol. The number of alkyl carbamates (subject to hydrolysis) is 1. The summed E-state index contributed by atoms with van der Waals surface area (Å²) in [7, 11) is 0. The van der Waals surface area contributed by atoms with E-state index in [2.05, 4.69) is 34.9 Å². The van der Waals surface area contributed by atoms with Gasteiger partial charge in [-0.3, -0.25) is 0 Å². The van der Waals surface area contributed by atoms with Crippen LogP contribution in [0.15, 0.2) is 48.5 Å². The minimum atomic E-state index is -1.09. The molecule has 1 heterocycles. The Labute approximate surface area is 169 Å². The molecule has 0 saturated carbocycles. The highest BCUT2D eigenvalue weighted by molar-refractivity contribution is 5.85. The third kappa shape index (κ3) is 4.13. The van der Waals surface area contributed by atoms with Crippen molar-refractivity contribution in [2.75, 3.05) is 13.2 Å². The Hall–Kier alpha value is -2.57. The summed E-state index contributed by atoms with van der Waals surface area (Å²) in [6.07, 6.45) is 0.0267. The maximum Gasteiger partial charge on any atom is 0.407 e. The number of carboxylic acid groups (broad SMARTS) is 1. The third-order valence-corrected chi connectivity index (χ3v) is 5.30. The van der Waals surface area contributed by atoms with Gasteiger partial charge in [-0.05, 0) is 28.7 Å². The van der Waals surface area contributed by atoms with Crippen LogP contribution in [0.2, 0.25) is 0 Å². The quantitative estimate of drug-likeness (QED) is 0.797. The van der Waals surface area contributed by atoms with E-state index in [9.17, 15) is 14.7 Å². The molecule has 2 atom stereocenters. The first-order chi connectivity index (χ1) is 13.1. The number of carboxylic acids is 1. The second-order valence-electron chi connectivity index (χ2n) is 7.08. The Morgan fingerprint density at radius 2 is 1.68 bits per heavy atom. The molecule has 2 aliphatic rings. The Bertz CT molecular complexity index is 827. The van der Waals surface area contributed by atoms with E-state index in [1.807, 2.05) is 24.3 Å². The number of nitrogens with one attached hydrogen (secondary N) is 2. The molecule has 1 saturated heterocycles. The molecule has 4 rings (SSSR count). The zero-order valence-corrected chi connectivity index (χ0v) is 16.0. The van der Waals surface area contributed by atoms with Gasteiger partial charge in [0.05, 0.1) is 0 Å². The number of hydrogen-bond donors (Lipinski definition) is 2. The number of ether oxygens (including phenoxy) is 1. The van der Waals surface area contributed by atoms with Crippen LogP contribution in [0.3, 0.4) is 0 Å². The first-order valence-corrected chi connectivity index (χ1v) is 9.16. The number of halogens is 1. The lowest BCUT2D eigenvalue weighted by molar-refractivity contribution is -0.306. The molecule has 1 amide bonds. The van der Waals surface area contributed by atoms with Crippen molar-refractivity contribution < 1.29 is 19.4 Å². The molecule has 0 spiro atoms. The van der Waals surface area contributed by atoms with E-state index in [-0.39, 0.29) is 43.4 Å². The average molecular weight is 402 g/mol. The lowest BCUT2D eigenvalue weighted by Crippen LogP contribution is -2.37. The molecule has 0 aromatic heterocycles. The van der Waals surface area contributed by atoms with Crippen LogP contribution in [0.4, 0.5) is 4.79 Å². The standard InChI is InChI=1S/C21H22N2O4.ClH/c24-20(25)10-13-9-14(11-22-13)23-21(26)27-12-19-17-7-3-1-5-15(17)16-6-2-4-8-18(16)19;/h1-8,13-14,19,22H,9-12H2,(H,23,26)(H,24,25);1H/p-1. The molecule has 7 heteroatoms. The lowest BCUT2D eigenvalue weighted by atomic mass is 9.98. The van der Waals surface area contributed by atoms with Gasteiger partial charge >= 0.3 is 6.09 Å². The highest BCUT2D eigenvalue weighted by Crippen LogP contribution is 2.44. The molecule has 1 aliphatic heterocycles.